The molecule has 2 N–H and O–H groups in total. The van der Waals surface area contributed by atoms with Gasteiger partial charge in [-0.15, -0.1) is 0 Å². The summed E-state index contributed by atoms with van der Waals surface area (Å²) in [6, 6.07) is 7.16. The van der Waals surface area contributed by atoms with E-state index in [-0.39, 0.29) is 12.0 Å². The van der Waals surface area contributed by atoms with Crippen LogP contribution in [0.15, 0.2) is 29.2 Å². The van der Waals surface area contributed by atoms with Gasteiger partial charge in [-0.25, -0.2) is 13.1 Å². The summed E-state index contributed by atoms with van der Waals surface area (Å²) < 4.78 is 32.5. The summed E-state index contributed by atoms with van der Waals surface area (Å²) in [5, 5.41) is 3.10. The normalized spacial score (nSPS) is 21.0. The van der Waals surface area contributed by atoms with Crippen LogP contribution in [0.1, 0.15) is 24.9 Å². The van der Waals surface area contributed by atoms with Crippen molar-refractivity contribution in [3.05, 3.63) is 29.8 Å². The molecule has 1 aromatic carbocycles. The summed E-state index contributed by atoms with van der Waals surface area (Å²) in [5.41, 5.74) is 0.958. The van der Waals surface area contributed by atoms with E-state index in [0.29, 0.717) is 18.0 Å². The first-order valence-corrected chi connectivity index (χ1v) is 8.36. The molecule has 20 heavy (non-hydrogen) atoms. The predicted octanol–water partition coefficient (Wildman–Crippen LogP) is 1.28. The van der Waals surface area contributed by atoms with Gasteiger partial charge in [0.05, 0.1) is 11.5 Å². The Bertz CT molecular complexity index is 539. The monoisotopic (exact) mass is 298 g/mol. The predicted molar refractivity (Wildman–Crippen MR) is 78.0 cm³/mol. The number of hydrogen-bond donors (Lipinski definition) is 2. The fraction of sp³-hybridized carbons (Fsp3) is 0.571. The zero-order valence-electron chi connectivity index (χ0n) is 11.9. The first-order chi connectivity index (χ1) is 9.53. The van der Waals surface area contributed by atoms with Crippen molar-refractivity contribution in [3.8, 4) is 0 Å². The minimum absolute atomic E-state index is 0.119. The lowest BCUT2D eigenvalue weighted by Gasteiger charge is -2.14. The molecule has 1 aliphatic heterocycles. The van der Waals surface area contributed by atoms with E-state index < -0.39 is 10.0 Å². The maximum atomic E-state index is 12.3. The van der Waals surface area contributed by atoms with Crippen LogP contribution in [0.2, 0.25) is 0 Å². The molecule has 0 spiro atoms. The van der Waals surface area contributed by atoms with Crippen molar-refractivity contribution in [1.82, 2.24) is 10.0 Å². The molecule has 1 saturated heterocycles. The van der Waals surface area contributed by atoms with Crippen molar-refractivity contribution in [3.63, 3.8) is 0 Å². The van der Waals surface area contributed by atoms with Gasteiger partial charge in [0.2, 0.25) is 10.0 Å². The molecule has 0 amide bonds. The first kappa shape index (κ1) is 15.4. The van der Waals surface area contributed by atoms with E-state index in [1.54, 1.807) is 18.2 Å². The second-order valence-electron chi connectivity index (χ2n) is 5.16. The molecular weight excluding hydrogens is 276 g/mol. The van der Waals surface area contributed by atoms with E-state index in [1.165, 1.54) is 0 Å². The smallest absolute Gasteiger partial charge is 0.240 e. The molecule has 2 rings (SSSR count). The highest BCUT2D eigenvalue weighted by molar-refractivity contribution is 7.89. The number of rotatable bonds is 6. The van der Waals surface area contributed by atoms with Crippen molar-refractivity contribution in [2.75, 3.05) is 26.8 Å². The molecule has 1 aromatic rings. The molecule has 0 bridgehead atoms. The van der Waals surface area contributed by atoms with Crippen molar-refractivity contribution < 1.29 is 13.2 Å². The highest BCUT2D eigenvalue weighted by Gasteiger charge is 2.20. The van der Waals surface area contributed by atoms with E-state index in [1.807, 2.05) is 20.0 Å². The highest BCUT2D eigenvalue weighted by Crippen LogP contribution is 2.18. The van der Waals surface area contributed by atoms with E-state index in [9.17, 15) is 8.42 Å². The van der Waals surface area contributed by atoms with Gasteiger partial charge in [-0.2, -0.15) is 0 Å². The van der Waals surface area contributed by atoms with Crippen molar-refractivity contribution in [1.29, 1.82) is 0 Å². The van der Waals surface area contributed by atoms with Gasteiger partial charge < -0.3 is 10.1 Å². The lowest BCUT2D eigenvalue weighted by Crippen LogP contribution is -2.29. The van der Waals surface area contributed by atoms with Crippen molar-refractivity contribution in [2.24, 2.45) is 5.92 Å². The number of benzene rings is 1. The topological polar surface area (TPSA) is 67.4 Å². The van der Waals surface area contributed by atoms with E-state index in [2.05, 4.69) is 10.0 Å². The third-order valence-corrected chi connectivity index (χ3v) is 5.11. The Hall–Kier alpha value is -0.950. The average molecular weight is 298 g/mol. The summed E-state index contributed by atoms with van der Waals surface area (Å²) in [5.74, 6) is 0.282. The molecule has 1 fully saturated rings. The van der Waals surface area contributed by atoms with Gasteiger partial charge in [0, 0.05) is 19.2 Å². The summed E-state index contributed by atoms with van der Waals surface area (Å²) in [4.78, 5) is 0.316. The zero-order valence-corrected chi connectivity index (χ0v) is 12.7. The number of nitrogens with one attached hydrogen (secondary N) is 2. The van der Waals surface area contributed by atoms with Crippen LogP contribution in [-0.2, 0) is 14.8 Å². The second kappa shape index (κ2) is 6.67. The first-order valence-electron chi connectivity index (χ1n) is 6.87. The summed E-state index contributed by atoms with van der Waals surface area (Å²) in [6.07, 6.45) is 0.916. The summed E-state index contributed by atoms with van der Waals surface area (Å²) in [7, 11) is -1.59. The van der Waals surface area contributed by atoms with Gasteiger partial charge in [-0.3, -0.25) is 0 Å². The third kappa shape index (κ3) is 3.79. The van der Waals surface area contributed by atoms with Crippen LogP contribution < -0.4 is 10.0 Å². The van der Waals surface area contributed by atoms with Crippen LogP contribution in [0.3, 0.4) is 0 Å². The molecule has 2 unspecified atom stereocenters. The Morgan fingerprint density at radius 2 is 2.25 bits per heavy atom. The molecule has 0 aliphatic carbocycles. The molecule has 0 radical (unpaired) electrons. The molecule has 112 valence electrons. The molecule has 0 aromatic heterocycles. The Labute approximate surface area is 120 Å². The number of ether oxygens (including phenoxy) is 1. The zero-order chi connectivity index (χ0) is 14.6. The van der Waals surface area contributed by atoms with Gasteiger partial charge in [-0.1, -0.05) is 12.1 Å². The Morgan fingerprint density at radius 1 is 1.45 bits per heavy atom. The third-order valence-electron chi connectivity index (χ3n) is 3.69. The van der Waals surface area contributed by atoms with Crippen LogP contribution in [0.4, 0.5) is 0 Å². The number of hydrogen-bond acceptors (Lipinski definition) is 4. The fourth-order valence-electron chi connectivity index (χ4n) is 2.17. The quantitative estimate of drug-likeness (QED) is 0.830. The second-order valence-corrected chi connectivity index (χ2v) is 6.93. The standard InChI is InChI=1S/C14H22N2O3S/c1-11(15-2)13-4-3-5-14(8-13)20(17,18)16-9-12-6-7-19-10-12/h3-5,8,11-12,15-16H,6-7,9-10H2,1-2H3. The van der Waals surface area contributed by atoms with E-state index in [0.717, 1.165) is 18.6 Å². The Balaban J connectivity index is 2.08. The maximum absolute atomic E-state index is 12.3. The number of sulfonamides is 1. The molecule has 2 atom stereocenters. The van der Waals surface area contributed by atoms with Crippen LogP contribution in [0, 0.1) is 5.92 Å². The van der Waals surface area contributed by atoms with Crippen LogP contribution >= 0.6 is 0 Å². The van der Waals surface area contributed by atoms with Crippen molar-refractivity contribution >= 4 is 10.0 Å². The Kier molecular flexibility index (Phi) is 5.15. The van der Waals surface area contributed by atoms with Gasteiger partial charge >= 0.3 is 0 Å². The molecule has 1 aliphatic rings. The van der Waals surface area contributed by atoms with Crippen LogP contribution in [0.25, 0.3) is 0 Å². The molecule has 6 heteroatoms. The van der Waals surface area contributed by atoms with Gasteiger partial charge in [0.15, 0.2) is 0 Å². The maximum Gasteiger partial charge on any atom is 0.240 e. The largest absolute Gasteiger partial charge is 0.381 e. The molecule has 5 nitrogen and oxygen atoms in total. The van der Waals surface area contributed by atoms with Gasteiger partial charge in [-0.05, 0) is 44.0 Å². The van der Waals surface area contributed by atoms with Crippen LogP contribution in [-0.4, -0.2) is 35.2 Å². The summed E-state index contributed by atoms with van der Waals surface area (Å²) >= 11 is 0. The lowest BCUT2D eigenvalue weighted by molar-refractivity contribution is 0.186. The van der Waals surface area contributed by atoms with Crippen LogP contribution in [0.5, 0.6) is 0 Å². The minimum Gasteiger partial charge on any atom is -0.381 e. The highest BCUT2D eigenvalue weighted by atomic mass is 32.2. The SMILES string of the molecule is CNC(C)c1cccc(S(=O)(=O)NCC2CCOC2)c1. The molecular formula is C14H22N2O3S. The van der Waals surface area contributed by atoms with E-state index in [4.69, 9.17) is 4.74 Å². The van der Waals surface area contributed by atoms with Gasteiger partial charge in [0.1, 0.15) is 0 Å². The fourth-order valence-corrected chi connectivity index (χ4v) is 3.34. The summed E-state index contributed by atoms with van der Waals surface area (Å²) in [6.45, 7) is 3.80. The molecule has 0 saturated carbocycles. The average Bonchev–Trinajstić information content (AvgIpc) is 2.98. The molecule has 1 heterocycles. The lowest BCUT2D eigenvalue weighted by atomic mass is 10.1. The van der Waals surface area contributed by atoms with Crippen molar-refractivity contribution in [2.45, 2.75) is 24.3 Å². The van der Waals surface area contributed by atoms with Gasteiger partial charge in [0.25, 0.3) is 0 Å². The van der Waals surface area contributed by atoms with E-state index >= 15 is 0 Å². The Morgan fingerprint density at radius 3 is 2.90 bits per heavy atom. The minimum atomic E-state index is -3.45.